The van der Waals surface area contributed by atoms with Gasteiger partial charge in [-0.15, -0.1) is 0 Å². The maximum Gasteiger partial charge on any atom is 0.272 e. The predicted molar refractivity (Wildman–Crippen MR) is 124 cm³/mol. The van der Waals surface area contributed by atoms with Crippen LogP contribution in [0, 0.1) is 5.41 Å². The molecule has 1 atom stereocenters. The standard InChI is InChI=1S/C23H40N6O3/c1-23(2,3)20(22(31)24-4)26-21(30)19-17-16-27(5)9-7-11-29(17)18(25-19)8-6-10-28-12-14-32-15-13-28/h20H,6-16H2,1-5H3,(H,24,31)(H,26,30). The quantitative estimate of drug-likeness (QED) is 0.643. The molecule has 0 bridgehead atoms. The molecule has 3 heterocycles. The van der Waals surface area contributed by atoms with E-state index in [1.54, 1.807) is 7.05 Å². The zero-order valence-electron chi connectivity index (χ0n) is 20.4. The first-order valence-electron chi connectivity index (χ1n) is 11.8. The van der Waals surface area contributed by atoms with Gasteiger partial charge in [-0.3, -0.25) is 14.5 Å². The number of hydrogen-bond donors (Lipinski definition) is 2. The maximum atomic E-state index is 13.3. The first kappa shape index (κ1) is 24.7. The number of ether oxygens (including phenoxy) is 1. The monoisotopic (exact) mass is 448 g/mol. The minimum Gasteiger partial charge on any atom is -0.379 e. The zero-order chi connectivity index (χ0) is 23.3. The van der Waals surface area contributed by atoms with Gasteiger partial charge in [-0.1, -0.05) is 20.8 Å². The number of morpholine rings is 1. The van der Waals surface area contributed by atoms with Crippen LogP contribution in [0.1, 0.15) is 55.6 Å². The fourth-order valence-electron chi connectivity index (χ4n) is 4.47. The summed E-state index contributed by atoms with van der Waals surface area (Å²) in [6.45, 7) is 12.9. The van der Waals surface area contributed by atoms with Crippen molar-refractivity contribution in [2.75, 3.05) is 53.5 Å². The topological polar surface area (TPSA) is 91.7 Å². The van der Waals surface area contributed by atoms with E-state index in [0.29, 0.717) is 12.2 Å². The lowest BCUT2D eigenvalue weighted by atomic mass is 9.86. The Morgan fingerprint density at radius 3 is 2.53 bits per heavy atom. The number of imidazole rings is 1. The number of amides is 2. The second-order valence-electron chi connectivity index (χ2n) is 10.0. The number of aromatic nitrogens is 2. The van der Waals surface area contributed by atoms with Crippen molar-refractivity contribution < 1.29 is 14.3 Å². The van der Waals surface area contributed by atoms with Gasteiger partial charge in [-0.25, -0.2) is 4.98 Å². The SMILES string of the molecule is CNC(=O)C(NC(=O)c1nc(CCCN2CCOCC2)n2c1CN(C)CCC2)C(C)(C)C. The first-order valence-corrected chi connectivity index (χ1v) is 11.8. The van der Waals surface area contributed by atoms with Crippen LogP contribution < -0.4 is 10.6 Å². The van der Waals surface area contributed by atoms with Gasteiger partial charge in [0, 0.05) is 39.6 Å². The Hall–Kier alpha value is -1.97. The summed E-state index contributed by atoms with van der Waals surface area (Å²) in [6.07, 6.45) is 2.86. The van der Waals surface area contributed by atoms with E-state index >= 15 is 0 Å². The van der Waals surface area contributed by atoms with Crippen LogP contribution in [0.25, 0.3) is 0 Å². The molecule has 0 saturated carbocycles. The molecule has 1 aromatic heterocycles. The molecule has 2 aliphatic heterocycles. The molecule has 2 N–H and O–H groups in total. The van der Waals surface area contributed by atoms with E-state index in [1.807, 2.05) is 20.8 Å². The molecule has 0 spiro atoms. The lowest BCUT2D eigenvalue weighted by Gasteiger charge is -2.29. The largest absolute Gasteiger partial charge is 0.379 e. The van der Waals surface area contributed by atoms with Crippen molar-refractivity contribution in [2.45, 2.75) is 59.2 Å². The second-order valence-corrected chi connectivity index (χ2v) is 10.0. The van der Waals surface area contributed by atoms with Crippen LogP contribution in [-0.4, -0.2) is 90.7 Å². The summed E-state index contributed by atoms with van der Waals surface area (Å²) in [5.41, 5.74) is 0.997. The van der Waals surface area contributed by atoms with Crippen LogP contribution in [-0.2, 0) is 29.0 Å². The average molecular weight is 449 g/mol. The molecular weight excluding hydrogens is 408 g/mol. The van der Waals surface area contributed by atoms with Gasteiger partial charge in [0.1, 0.15) is 11.9 Å². The first-order chi connectivity index (χ1) is 15.2. The summed E-state index contributed by atoms with van der Waals surface area (Å²) in [5.74, 6) is 0.506. The van der Waals surface area contributed by atoms with Crippen molar-refractivity contribution >= 4 is 11.8 Å². The number of aryl methyl sites for hydroxylation is 1. The third-order valence-electron chi connectivity index (χ3n) is 6.34. The fraction of sp³-hybridized carbons (Fsp3) is 0.783. The molecule has 3 rings (SSSR count). The van der Waals surface area contributed by atoms with E-state index in [4.69, 9.17) is 9.72 Å². The van der Waals surface area contributed by atoms with Crippen molar-refractivity contribution in [3.63, 3.8) is 0 Å². The second kappa shape index (κ2) is 10.8. The molecule has 2 aliphatic rings. The van der Waals surface area contributed by atoms with E-state index in [1.165, 1.54) is 0 Å². The van der Waals surface area contributed by atoms with Crippen molar-refractivity contribution in [1.82, 2.24) is 30.0 Å². The molecule has 1 saturated heterocycles. The maximum absolute atomic E-state index is 13.3. The highest BCUT2D eigenvalue weighted by Crippen LogP contribution is 2.23. The number of hydrogen-bond acceptors (Lipinski definition) is 6. The molecule has 9 heteroatoms. The summed E-state index contributed by atoms with van der Waals surface area (Å²) >= 11 is 0. The molecule has 1 aromatic rings. The summed E-state index contributed by atoms with van der Waals surface area (Å²) in [6, 6.07) is -0.634. The van der Waals surface area contributed by atoms with Crippen molar-refractivity contribution in [2.24, 2.45) is 5.41 Å². The number of nitrogens with one attached hydrogen (secondary N) is 2. The van der Waals surface area contributed by atoms with Crippen LogP contribution in [0.4, 0.5) is 0 Å². The molecule has 9 nitrogen and oxygen atoms in total. The number of carbonyl (C=O) groups excluding carboxylic acids is 2. The number of likely N-dealkylation sites (N-methyl/N-ethyl adjacent to an activating group) is 1. The number of rotatable bonds is 7. The molecule has 1 unspecified atom stereocenters. The Morgan fingerprint density at radius 2 is 1.88 bits per heavy atom. The van der Waals surface area contributed by atoms with E-state index in [0.717, 1.165) is 76.7 Å². The summed E-state index contributed by atoms with van der Waals surface area (Å²) in [5, 5.41) is 5.63. The summed E-state index contributed by atoms with van der Waals surface area (Å²) in [4.78, 5) is 35.3. The molecule has 32 heavy (non-hydrogen) atoms. The molecule has 180 valence electrons. The highest BCUT2D eigenvalue weighted by molar-refractivity contribution is 5.97. The van der Waals surface area contributed by atoms with Crippen LogP contribution in [0.5, 0.6) is 0 Å². The third kappa shape index (κ3) is 6.08. The van der Waals surface area contributed by atoms with Gasteiger partial charge in [0.15, 0.2) is 5.69 Å². The van der Waals surface area contributed by atoms with Gasteiger partial charge in [0.2, 0.25) is 5.91 Å². The number of fused-ring (bicyclic) bond motifs is 1. The van der Waals surface area contributed by atoms with E-state index in [-0.39, 0.29) is 11.8 Å². The molecule has 0 aliphatic carbocycles. The number of nitrogens with zero attached hydrogens (tertiary/aromatic N) is 4. The van der Waals surface area contributed by atoms with Gasteiger partial charge in [-0.2, -0.15) is 0 Å². The Kier molecular flexibility index (Phi) is 8.30. The smallest absolute Gasteiger partial charge is 0.272 e. The lowest BCUT2D eigenvalue weighted by Crippen LogP contribution is -2.53. The molecule has 0 aromatic carbocycles. The minimum atomic E-state index is -0.634. The van der Waals surface area contributed by atoms with Gasteiger partial charge >= 0.3 is 0 Å². The Morgan fingerprint density at radius 1 is 1.16 bits per heavy atom. The minimum absolute atomic E-state index is 0.195. The van der Waals surface area contributed by atoms with Crippen LogP contribution in [0.15, 0.2) is 0 Å². The average Bonchev–Trinajstić information content (AvgIpc) is 2.96. The number of carbonyl (C=O) groups is 2. The molecule has 0 radical (unpaired) electrons. The van der Waals surface area contributed by atoms with Crippen LogP contribution >= 0.6 is 0 Å². The molecular formula is C23H40N6O3. The zero-order valence-corrected chi connectivity index (χ0v) is 20.4. The Bertz CT molecular complexity index is 794. The summed E-state index contributed by atoms with van der Waals surface area (Å²) < 4.78 is 7.68. The normalized spacial score (nSPS) is 19.2. The molecule has 2 amide bonds. The van der Waals surface area contributed by atoms with Gasteiger partial charge in [0.05, 0.1) is 18.9 Å². The third-order valence-corrected chi connectivity index (χ3v) is 6.34. The fourth-order valence-corrected chi connectivity index (χ4v) is 4.47. The van der Waals surface area contributed by atoms with Crippen molar-refractivity contribution in [3.8, 4) is 0 Å². The Labute approximate surface area is 191 Å². The van der Waals surface area contributed by atoms with Crippen LogP contribution in [0.3, 0.4) is 0 Å². The highest BCUT2D eigenvalue weighted by Gasteiger charge is 2.34. The van der Waals surface area contributed by atoms with Gasteiger partial charge in [0.25, 0.3) is 5.91 Å². The van der Waals surface area contributed by atoms with Crippen molar-refractivity contribution in [1.29, 1.82) is 0 Å². The predicted octanol–water partition coefficient (Wildman–Crippen LogP) is 0.874. The van der Waals surface area contributed by atoms with Crippen LogP contribution in [0.2, 0.25) is 0 Å². The molecule has 1 fully saturated rings. The van der Waals surface area contributed by atoms with Gasteiger partial charge in [-0.05, 0) is 38.4 Å². The van der Waals surface area contributed by atoms with E-state index in [2.05, 4.69) is 32.0 Å². The Balaban J connectivity index is 1.79. The van der Waals surface area contributed by atoms with Crippen molar-refractivity contribution in [3.05, 3.63) is 17.2 Å². The lowest BCUT2D eigenvalue weighted by molar-refractivity contribution is -0.124. The van der Waals surface area contributed by atoms with E-state index < -0.39 is 11.5 Å². The summed E-state index contributed by atoms with van der Waals surface area (Å²) in [7, 11) is 3.67. The van der Waals surface area contributed by atoms with Gasteiger partial charge < -0.3 is 24.8 Å². The highest BCUT2D eigenvalue weighted by atomic mass is 16.5. The van der Waals surface area contributed by atoms with E-state index in [9.17, 15) is 9.59 Å².